The van der Waals surface area contributed by atoms with Gasteiger partial charge in [0.1, 0.15) is 12.2 Å². The first-order valence-corrected chi connectivity index (χ1v) is 10.6. The summed E-state index contributed by atoms with van der Waals surface area (Å²) < 4.78 is 36.8. The summed E-state index contributed by atoms with van der Waals surface area (Å²) >= 11 is 0. The highest BCUT2D eigenvalue weighted by atomic mass is 16.9. The predicted molar refractivity (Wildman–Crippen MR) is 92.6 cm³/mol. The summed E-state index contributed by atoms with van der Waals surface area (Å²) in [5, 5.41) is 0. The lowest BCUT2D eigenvalue weighted by Crippen LogP contribution is -2.46. The molecule has 152 valence electrons. The van der Waals surface area contributed by atoms with Gasteiger partial charge in [-0.15, -0.1) is 0 Å². The molecular formula is C20H30O7. The summed E-state index contributed by atoms with van der Waals surface area (Å²) in [4.78, 5) is 11.8. The zero-order valence-electron chi connectivity index (χ0n) is 16.0. The van der Waals surface area contributed by atoms with Gasteiger partial charge in [0.25, 0.3) is 0 Å². The Morgan fingerprint density at radius 2 is 1.52 bits per heavy atom. The van der Waals surface area contributed by atoms with Gasteiger partial charge < -0.3 is 28.4 Å². The first-order chi connectivity index (χ1) is 13.1. The molecule has 5 rings (SSSR count). The van der Waals surface area contributed by atoms with Crippen molar-refractivity contribution in [3.05, 3.63) is 0 Å². The molecule has 0 N–H and O–H groups in total. The third-order valence-electron chi connectivity index (χ3n) is 6.66. The van der Waals surface area contributed by atoms with Crippen molar-refractivity contribution in [2.75, 3.05) is 6.61 Å². The highest BCUT2D eigenvalue weighted by Gasteiger charge is 2.62. The Kier molecular flexibility index (Phi) is 4.71. The number of fused-ring (bicyclic) bond motifs is 1. The summed E-state index contributed by atoms with van der Waals surface area (Å²) in [5.41, 5.74) is 0. The predicted octanol–water partition coefficient (Wildman–Crippen LogP) is 2.79. The number of ether oxygens (including phenoxy) is 6. The Morgan fingerprint density at radius 3 is 2.19 bits per heavy atom. The fourth-order valence-electron chi connectivity index (χ4n) is 5.40. The van der Waals surface area contributed by atoms with Crippen molar-refractivity contribution < 1.29 is 33.2 Å². The minimum Gasteiger partial charge on any atom is -0.457 e. The van der Waals surface area contributed by atoms with Crippen molar-refractivity contribution in [3.63, 3.8) is 0 Å². The van der Waals surface area contributed by atoms with Gasteiger partial charge in [-0.2, -0.15) is 0 Å². The van der Waals surface area contributed by atoms with Crippen LogP contribution in [0.5, 0.6) is 0 Å². The molecule has 5 aliphatic rings. The van der Waals surface area contributed by atoms with Gasteiger partial charge in [0.05, 0.1) is 6.61 Å². The average Bonchev–Trinajstić information content (AvgIpc) is 3.29. The fraction of sp³-hybridized carbons (Fsp3) is 0.950. The standard InChI is InChI=1S/C20H30O7/c1-13(21)23-16-15(14-12-22-19(25-14)8-4-2-5-9-19)24-18-17(16)26-20(27-18)10-6-3-7-11-20/h14-18H,2-12H2,1H3/t14-,15-,16-,17+,18-/m0/s1. The first-order valence-electron chi connectivity index (χ1n) is 10.6. The van der Waals surface area contributed by atoms with E-state index in [-0.39, 0.29) is 12.1 Å². The van der Waals surface area contributed by atoms with E-state index in [4.69, 9.17) is 28.4 Å². The van der Waals surface area contributed by atoms with Crippen LogP contribution in [0.15, 0.2) is 0 Å². The highest BCUT2D eigenvalue weighted by Crippen LogP contribution is 2.48. The van der Waals surface area contributed by atoms with Gasteiger partial charge in [-0.05, 0) is 25.7 Å². The Balaban J connectivity index is 1.31. The van der Waals surface area contributed by atoms with E-state index in [0.29, 0.717) is 6.61 Å². The first kappa shape index (κ1) is 18.3. The summed E-state index contributed by atoms with van der Waals surface area (Å²) in [6.07, 6.45) is 8.27. The number of carbonyl (C=O) groups is 1. The van der Waals surface area contributed by atoms with Crippen LogP contribution in [0, 0.1) is 0 Å². The topological polar surface area (TPSA) is 72.5 Å². The van der Waals surface area contributed by atoms with Crippen LogP contribution in [0.1, 0.15) is 71.1 Å². The zero-order chi connectivity index (χ0) is 18.5. The van der Waals surface area contributed by atoms with E-state index in [1.54, 1.807) is 0 Å². The summed E-state index contributed by atoms with van der Waals surface area (Å²) in [7, 11) is 0. The van der Waals surface area contributed by atoms with Crippen LogP contribution in [0.3, 0.4) is 0 Å². The molecule has 3 aliphatic heterocycles. The van der Waals surface area contributed by atoms with Crippen LogP contribution in [-0.2, 0) is 33.2 Å². The van der Waals surface area contributed by atoms with Gasteiger partial charge >= 0.3 is 5.97 Å². The minimum atomic E-state index is -0.575. The second kappa shape index (κ2) is 6.95. The third-order valence-corrected chi connectivity index (χ3v) is 6.66. The van der Waals surface area contributed by atoms with Crippen LogP contribution < -0.4 is 0 Å². The van der Waals surface area contributed by atoms with Gasteiger partial charge in [0.15, 0.2) is 30.1 Å². The molecule has 0 amide bonds. The quantitative estimate of drug-likeness (QED) is 0.680. The Bertz CT molecular complexity index is 567. The van der Waals surface area contributed by atoms with E-state index in [1.807, 2.05) is 0 Å². The minimum absolute atomic E-state index is 0.271. The van der Waals surface area contributed by atoms with Gasteiger partial charge in [-0.1, -0.05) is 12.8 Å². The maximum atomic E-state index is 11.8. The van der Waals surface area contributed by atoms with E-state index in [0.717, 1.165) is 51.4 Å². The molecule has 0 radical (unpaired) electrons. The monoisotopic (exact) mass is 382 g/mol. The van der Waals surface area contributed by atoms with Gasteiger partial charge in [-0.25, -0.2) is 0 Å². The molecule has 3 heterocycles. The smallest absolute Gasteiger partial charge is 0.303 e. The van der Waals surface area contributed by atoms with E-state index in [2.05, 4.69) is 0 Å². The lowest BCUT2D eigenvalue weighted by Gasteiger charge is -2.35. The Hall–Kier alpha value is -0.730. The third kappa shape index (κ3) is 3.31. The summed E-state index contributed by atoms with van der Waals surface area (Å²) in [5.74, 6) is -1.40. The number of esters is 1. The van der Waals surface area contributed by atoms with Crippen molar-refractivity contribution >= 4 is 5.97 Å². The van der Waals surface area contributed by atoms with Crippen molar-refractivity contribution in [2.45, 2.75) is 113 Å². The van der Waals surface area contributed by atoms with Crippen LogP contribution in [-0.4, -0.2) is 54.9 Å². The molecule has 5 fully saturated rings. The molecule has 2 aliphatic carbocycles. The summed E-state index contributed by atoms with van der Waals surface area (Å²) in [6.45, 7) is 1.87. The average molecular weight is 382 g/mol. The second-order valence-corrected chi connectivity index (χ2v) is 8.65. The zero-order valence-corrected chi connectivity index (χ0v) is 16.0. The number of rotatable bonds is 2. The molecule has 0 aromatic heterocycles. The molecule has 7 nitrogen and oxygen atoms in total. The molecule has 0 aromatic carbocycles. The highest BCUT2D eigenvalue weighted by molar-refractivity contribution is 5.66. The van der Waals surface area contributed by atoms with E-state index in [9.17, 15) is 4.79 Å². The van der Waals surface area contributed by atoms with Gasteiger partial charge in [0.2, 0.25) is 0 Å². The molecular weight excluding hydrogens is 352 g/mol. The largest absolute Gasteiger partial charge is 0.457 e. The molecule has 0 unspecified atom stereocenters. The lowest BCUT2D eigenvalue weighted by molar-refractivity contribution is -0.261. The van der Waals surface area contributed by atoms with Crippen LogP contribution in [0.4, 0.5) is 0 Å². The van der Waals surface area contributed by atoms with E-state index in [1.165, 1.54) is 19.8 Å². The van der Waals surface area contributed by atoms with Crippen LogP contribution in [0.2, 0.25) is 0 Å². The molecule has 3 saturated heterocycles. The number of carbonyl (C=O) groups excluding carboxylic acids is 1. The van der Waals surface area contributed by atoms with Crippen LogP contribution >= 0.6 is 0 Å². The van der Waals surface area contributed by atoms with Crippen molar-refractivity contribution in [2.24, 2.45) is 0 Å². The maximum absolute atomic E-state index is 11.8. The van der Waals surface area contributed by atoms with Crippen molar-refractivity contribution in [3.8, 4) is 0 Å². The van der Waals surface area contributed by atoms with Gasteiger partial charge in [-0.3, -0.25) is 4.79 Å². The second-order valence-electron chi connectivity index (χ2n) is 8.65. The maximum Gasteiger partial charge on any atom is 0.303 e. The van der Waals surface area contributed by atoms with Gasteiger partial charge in [0, 0.05) is 32.6 Å². The normalized spacial score (nSPS) is 42.5. The number of hydrogen-bond donors (Lipinski definition) is 0. The Morgan fingerprint density at radius 1 is 0.852 bits per heavy atom. The molecule has 2 saturated carbocycles. The molecule has 0 bridgehead atoms. The van der Waals surface area contributed by atoms with Crippen molar-refractivity contribution in [1.82, 2.24) is 0 Å². The Labute approximate surface area is 159 Å². The molecule has 0 aromatic rings. The molecule has 2 spiro atoms. The molecule has 7 heteroatoms. The van der Waals surface area contributed by atoms with E-state index < -0.39 is 36.2 Å². The fourth-order valence-corrected chi connectivity index (χ4v) is 5.40. The molecule has 27 heavy (non-hydrogen) atoms. The lowest BCUT2D eigenvalue weighted by atomic mass is 9.94. The van der Waals surface area contributed by atoms with Crippen molar-refractivity contribution in [1.29, 1.82) is 0 Å². The number of hydrogen-bond acceptors (Lipinski definition) is 7. The SMILES string of the molecule is CC(=O)O[C@H]1[C@H]([C@@H]2COC3(CCCCC3)O2)O[C@H]2OC3(CCCCC3)O[C@@H]21. The van der Waals surface area contributed by atoms with E-state index >= 15 is 0 Å². The summed E-state index contributed by atoms with van der Waals surface area (Å²) in [6, 6.07) is 0. The molecule has 5 atom stereocenters. The van der Waals surface area contributed by atoms with Crippen LogP contribution in [0.25, 0.3) is 0 Å².